The van der Waals surface area contributed by atoms with E-state index in [1.165, 1.54) is 0 Å². The van der Waals surface area contributed by atoms with Crippen LogP contribution in [-0.4, -0.2) is 116 Å². The van der Waals surface area contributed by atoms with Gasteiger partial charge in [-0.25, -0.2) is 19.2 Å². The zero-order valence-corrected chi connectivity index (χ0v) is 28.3. The minimum absolute atomic E-state index is 0.201. The molecule has 11 aliphatic rings. The van der Waals surface area contributed by atoms with Crippen molar-refractivity contribution in [1.29, 1.82) is 0 Å². The van der Waals surface area contributed by atoms with Crippen molar-refractivity contribution in [3.05, 3.63) is 0 Å². The second kappa shape index (κ2) is 7.77. The van der Waals surface area contributed by atoms with Crippen molar-refractivity contribution in [2.24, 2.45) is 44.3 Å². The van der Waals surface area contributed by atoms with Crippen LogP contribution in [0.5, 0.6) is 0 Å². The second-order valence-electron chi connectivity index (χ2n) is 18.9. The molecular formula is C34H40O16. The van der Waals surface area contributed by atoms with Crippen LogP contribution >= 0.6 is 0 Å². The quantitative estimate of drug-likeness (QED) is 0.174. The van der Waals surface area contributed by atoms with Gasteiger partial charge in [0, 0.05) is 0 Å². The third-order valence-corrected chi connectivity index (χ3v) is 15.8. The van der Waals surface area contributed by atoms with Gasteiger partial charge in [0.25, 0.3) is 0 Å². The lowest BCUT2D eigenvalue weighted by Gasteiger charge is -2.51. The third kappa shape index (κ3) is 2.32. The molecule has 0 aromatic heterocycles. The van der Waals surface area contributed by atoms with E-state index in [-0.39, 0.29) is 25.7 Å². The predicted molar refractivity (Wildman–Crippen MR) is 153 cm³/mol. The van der Waals surface area contributed by atoms with Crippen LogP contribution in [0.15, 0.2) is 0 Å². The topological polar surface area (TPSA) is 223 Å². The SMILES string of the molecule is CC(C)(C)[C@@H]1C[C@H]2OC(=O)[C@@]34O[C@@H]5OC(=O)[C@H](O)C51C23C[C@H]1O[C@]2(O)[C@@H](CC35[C@H]6C[C@@H](C(C)(C)C)C37[C@@H](OC(=O)[C@@H]7O)O[C@]52C(=O)O6)O[C@]14O. The number of carbonyl (C=O) groups is 4. The Bertz CT molecular complexity index is 1640. The Hall–Kier alpha value is -2.44. The van der Waals surface area contributed by atoms with Crippen molar-refractivity contribution in [2.75, 3.05) is 0 Å². The van der Waals surface area contributed by atoms with E-state index >= 15 is 0 Å². The summed E-state index contributed by atoms with van der Waals surface area (Å²) in [6.45, 7) is 11.5. The van der Waals surface area contributed by atoms with Crippen LogP contribution in [0.4, 0.5) is 0 Å². The molecule has 0 aromatic carbocycles. The van der Waals surface area contributed by atoms with Gasteiger partial charge in [0.15, 0.2) is 12.2 Å². The first kappa shape index (κ1) is 31.1. The third-order valence-electron chi connectivity index (χ3n) is 15.8. The summed E-state index contributed by atoms with van der Waals surface area (Å²) in [5, 5.41) is 49.4. The maximum absolute atomic E-state index is 14.3. The van der Waals surface area contributed by atoms with Gasteiger partial charge in [0.2, 0.25) is 35.4 Å². The van der Waals surface area contributed by atoms with Crippen molar-refractivity contribution in [3.63, 3.8) is 0 Å². The first-order valence-corrected chi connectivity index (χ1v) is 17.5. The van der Waals surface area contributed by atoms with E-state index in [4.69, 9.17) is 37.9 Å². The van der Waals surface area contributed by atoms with E-state index in [2.05, 4.69) is 0 Å². The number of carbonyl (C=O) groups excluding carboxylic acids is 4. The van der Waals surface area contributed by atoms with E-state index < -0.39 is 140 Å². The van der Waals surface area contributed by atoms with Crippen LogP contribution in [0, 0.1) is 44.3 Å². The number of aliphatic hydroxyl groups excluding tert-OH is 2. The van der Waals surface area contributed by atoms with Gasteiger partial charge in [0.05, 0.1) is 21.7 Å². The van der Waals surface area contributed by atoms with Crippen molar-refractivity contribution < 1.29 is 77.5 Å². The number of rotatable bonds is 0. The molecule has 0 radical (unpaired) electrons. The van der Waals surface area contributed by atoms with Gasteiger partial charge >= 0.3 is 23.9 Å². The molecule has 4 spiro atoms. The summed E-state index contributed by atoms with van der Waals surface area (Å²) in [5.41, 5.74) is -12.4. The van der Waals surface area contributed by atoms with Gasteiger partial charge in [-0.1, -0.05) is 41.5 Å². The monoisotopic (exact) mass is 704 g/mol. The average Bonchev–Trinajstić information content (AvgIpc) is 3.84. The fourth-order valence-electron chi connectivity index (χ4n) is 14.7. The van der Waals surface area contributed by atoms with E-state index in [9.17, 15) is 39.6 Å². The van der Waals surface area contributed by atoms with Crippen LogP contribution < -0.4 is 0 Å². The van der Waals surface area contributed by atoms with Crippen LogP contribution in [0.2, 0.25) is 0 Å². The van der Waals surface area contributed by atoms with Gasteiger partial charge in [0.1, 0.15) is 24.4 Å². The van der Waals surface area contributed by atoms with Crippen molar-refractivity contribution in [1.82, 2.24) is 0 Å². The van der Waals surface area contributed by atoms with Gasteiger partial charge in [-0.3, -0.25) is 0 Å². The molecule has 0 bridgehead atoms. The lowest BCUT2D eigenvalue weighted by Crippen LogP contribution is -2.75. The maximum Gasteiger partial charge on any atom is 0.345 e. The van der Waals surface area contributed by atoms with Crippen LogP contribution in [0.25, 0.3) is 0 Å². The molecule has 272 valence electrons. The van der Waals surface area contributed by atoms with Crippen LogP contribution in [0.1, 0.15) is 67.2 Å². The highest BCUT2D eigenvalue weighted by Gasteiger charge is 3.05. The fraction of sp³-hybridized carbons (Fsp3) is 0.882. The molecule has 16 heteroatoms. The summed E-state index contributed by atoms with van der Waals surface area (Å²) in [5.74, 6) is -10.3. The Balaban J connectivity index is 1.11. The molecule has 4 N–H and O–H groups in total. The molecule has 50 heavy (non-hydrogen) atoms. The first-order chi connectivity index (χ1) is 23.1. The summed E-state index contributed by atoms with van der Waals surface area (Å²) in [6, 6.07) is 0. The van der Waals surface area contributed by atoms with Crippen LogP contribution in [-0.2, 0) is 57.1 Å². The van der Waals surface area contributed by atoms with Gasteiger partial charge in [-0.05, 0) is 48.3 Å². The highest BCUT2D eigenvalue weighted by atomic mass is 16.8. The molecule has 0 aromatic rings. The number of ether oxygens (including phenoxy) is 8. The normalized spacial score (nSPS) is 63.0. The highest BCUT2D eigenvalue weighted by molar-refractivity contribution is 5.92. The Kier molecular flexibility index (Phi) is 4.83. The molecule has 18 atom stereocenters. The lowest BCUT2D eigenvalue weighted by molar-refractivity contribution is -0.456. The largest absolute Gasteiger partial charge is 0.459 e. The van der Waals surface area contributed by atoms with E-state index in [1.807, 2.05) is 41.5 Å². The van der Waals surface area contributed by atoms with Crippen molar-refractivity contribution in [2.45, 2.75) is 139 Å². The van der Waals surface area contributed by atoms with E-state index in [0.29, 0.717) is 0 Å². The summed E-state index contributed by atoms with van der Waals surface area (Å²) in [7, 11) is 0. The minimum Gasteiger partial charge on any atom is -0.459 e. The number of hydrogen-bond donors (Lipinski definition) is 4. The Morgan fingerprint density at radius 1 is 0.560 bits per heavy atom. The summed E-state index contributed by atoms with van der Waals surface area (Å²) >= 11 is 0. The Labute approximate surface area is 284 Å². The number of hydrogen-bond acceptors (Lipinski definition) is 16. The molecule has 4 saturated carbocycles. The first-order valence-electron chi connectivity index (χ1n) is 17.5. The fourth-order valence-corrected chi connectivity index (χ4v) is 14.7. The number of aliphatic hydroxyl groups is 4. The lowest BCUT2D eigenvalue weighted by atomic mass is 9.52. The molecule has 11 rings (SSSR count). The summed E-state index contributed by atoms with van der Waals surface area (Å²) < 4.78 is 49.3. The molecule has 4 aliphatic carbocycles. The van der Waals surface area contributed by atoms with E-state index in [0.717, 1.165) is 0 Å². The van der Waals surface area contributed by atoms with Gasteiger partial charge < -0.3 is 58.3 Å². The smallest absolute Gasteiger partial charge is 0.345 e. The number of fused-ring (bicyclic) bond motifs is 2. The summed E-state index contributed by atoms with van der Waals surface area (Å²) in [6.07, 6.45) is -11.8. The molecule has 16 nitrogen and oxygen atoms in total. The average molecular weight is 705 g/mol. The van der Waals surface area contributed by atoms with Crippen LogP contribution in [0.3, 0.4) is 0 Å². The second-order valence-corrected chi connectivity index (χ2v) is 18.9. The Morgan fingerprint density at radius 3 is 1.26 bits per heavy atom. The van der Waals surface area contributed by atoms with Crippen molar-refractivity contribution >= 4 is 23.9 Å². The van der Waals surface area contributed by atoms with Gasteiger partial charge in [-0.15, -0.1) is 0 Å². The molecule has 4 unspecified atom stereocenters. The number of esters is 4. The summed E-state index contributed by atoms with van der Waals surface area (Å²) in [4.78, 5) is 54.8. The molecule has 7 saturated heterocycles. The molecule has 0 amide bonds. The highest BCUT2D eigenvalue weighted by Crippen LogP contribution is 2.88. The van der Waals surface area contributed by atoms with E-state index in [1.54, 1.807) is 0 Å². The molecule has 7 heterocycles. The molecule has 11 fully saturated rings. The molecular weight excluding hydrogens is 664 g/mol. The van der Waals surface area contributed by atoms with Crippen molar-refractivity contribution in [3.8, 4) is 0 Å². The Morgan fingerprint density at radius 2 is 0.920 bits per heavy atom. The zero-order valence-electron chi connectivity index (χ0n) is 28.3. The molecule has 7 aliphatic heterocycles. The van der Waals surface area contributed by atoms with Gasteiger partial charge in [-0.2, -0.15) is 0 Å². The maximum atomic E-state index is 14.3. The standard InChI is InChI=1S/C34H40O16/c1-25(2,3)11-7-13-27-9-15-33(41,31(27,21(39)43-13)49-23-29(11,27)17(35)19(37)45-23)48-16-10-28-14-8-12(26(4,5)6)30(28)18(36)20(38)46-24(30)50-32(28,22(40)44-14)34(16,42)47-15/h11-18,23-24,35-36,41-42H,7-10H2,1-6H3/t11-,12-,13+,14+,15+,16+,17-,18-,23-,24-,27?,28?,29?,30?,31+,32+,33+,34+/m0/s1. The predicted octanol–water partition coefficient (Wildman–Crippen LogP) is -1.09. The minimum atomic E-state index is -2.70. The zero-order chi connectivity index (χ0) is 35.6.